The molecule has 0 aliphatic carbocycles. The van der Waals surface area contributed by atoms with Gasteiger partial charge in [0.25, 0.3) is 5.91 Å². The van der Waals surface area contributed by atoms with Crippen LogP contribution in [0.4, 0.5) is 5.82 Å². The number of rotatable bonds is 6. The number of nitrogens with one attached hydrogen (secondary N) is 1. The summed E-state index contributed by atoms with van der Waals surface area (Å²) in [5.41, 5.74) is 11.3. The highest BCUT2D eigenvalue weighted by atomic mass is 35.5. The first kappa shape index (κ1) is 27.0. The van der Waals surface area contributed by atoms with Crippen LogP contribution < -0.4 is 10.5 Å². The zero-order valence-electron chi connectivity index (χ0n) is 23.5. The number of fused-ring (bicyclic) bond motifs is 3. The molecule has 5 aromatic rings. The second kappa shape index (κ2) is 10.5. The molecule has 0 unspecified atom stereocenters. The van der Waals surface area contributed by atoms with Crippen molar-refractivity contribution in [1.82, 2.24) is 39.7 Å². The number of nitrogens with two attached hydrogens (primary N) is 1. The predicted molar refractivity (Wildman–Crippen MR) is 159 cm³/mol. The minimum Gasteiger partial charge on any atom is -0.495 e. The van der Waals surface area contributed by atoms with Gasteiger partial charge in [0.2, 0.25) is 5.82 Å². The number of anilines is 1. The quantitative estimate of drug-likeness (QED) is 0.267. The number of carbonyl (C=O) groups excluding carboxylic acids is 2. The fourth-order valence-electron chi connectivity index (χ4n) is 6.61. The number of hydrogen-bond donors (Lipinski definition) is 2. The Bertz CT molecular complexity index is 1860. The number of halogens is 1. The molecule has 3 atom stereocenters. The number of carbonyl (C=O) groups is 2. The number of hydrogen-bond acceptors (Lipinski definition) is 9. The maximum atomic E-state index is 13.2. The summed E-state index contributed by atoms with van der Waals surface area (Å²) in [4.78, 5) is 40.5. The fourth-order valence-corrected chi connectivity index (χ4v) is 6.86. The van der Waals surface area contributed by atoms with Crippen molar-refractivity contribution in [3.63, 3.8) is 0 Å². The normalized spacial score (nSPS) is 19.6. The number of aromatic nitrogens is 7. The molecule has 43 heavy (non-hydrogen) atoms. The summed E-state index contributed by atoms with van der Waals surface area (Å²) in [6, 6.07) is 9.39. The topological polar surface area (TPSA) is 157 Å². The van der Waals surface area contributed by atoms with Crippen LogP contribution in [0.25, 0.3) is 28.0 Å². The number of ether oxygens (including phenoxy) is 1. The molecule has 12 nitrogen and oxygen atoms in total. The molecule has 2 saturated heterocycles. The van der Waals surface area contributed by atoms with E-state index in [9.17, 15) is 9.59 Å². The Morgan fingerprint density at radius 3 is 2.49 bits per heavy atom. The lowest BCUT2D eigenvalue weighted by atomic mass is 9.85. The smallest absolute Gasteiger partial charge is 0.292 e. The van der Waals surface area contributed by atoms with Gasteiger partial charge in [0.1, 0.15) is 17.9 Å². The van der Waals surface area contributed by atoms with Gasteiger partial charge in [0.05, 0.1) is 35.3 Å². The van der Waals surface area contributed by atoms with Crippen LogP contribution in [-0.2, 0) is 0 Å². The van der Waals surface area contributed by atoms with Crippen LogP contribution >= 0.6 is 11.6 Å². The number of nitrogens with zero attached hydrogens (tertiary/aromatic N) is 7. The Kier molecular flexibility index (Phi) is 6.57. The number of H-pyrrole nitrogens is 1. The minimum absolute atomic E-state index is 0.00740. The van der Waals surface area contributed by atoms with Crippen molar-refractivity contribution in [2.24, 2.45) is 0 Å². The Morgan fingerprint density at radius 2 is 1.86 bits per heavy atom. The van der Waals surface area contributed by atoms with E-state index in [4.69, 9.17) is 27.1 Å². The van der Waals surface area contributed by atoms with Crippen molar-refractivity contribution >= 4 is 34.8 Å². The molecule has 4 aromatic heterocycles. The Hall–Kier alpha value is -4.84. The lowest BCUT2D eigenvalue weighted by Crippen LogP contribution is -2.46. The Labute approximate surface area is 251 Å². The third-order valence-corrected chi connectivity index (χ3v) is 8.85. The first-order valence-electron chi connectivity index (χ1n) is 14.0. The average molecular weight is 598 g/mol. The summed E-state index contributed by atoms with van der Waals surface area (Å²) < 4.78 is 6.77. The van der Waals surface area contributed by atoms with Crippen molar-refractivity contribution in [3.8, 4) is 28.1 Å². The predicted octanol–water partition coefficient (Wildman–Crippen LogP) is 4.57. The molecule has 1 aromatic carbocycles. The van der Waals surface area contributed by atoms with Crippen LogP contribution in [0.5, 0.6) is 5.75 Å². The maximum Gasteiger partial charge on any atom is 0.292 e. The van der Waals surface area contributed by atoms with E-state index in [1.165, 1.54) is 17.8 Å². The largest absolute Gasteiger partial charge is 0.495 e. The number of nitrogen functional groups attached to an aromatic ring is 1. The summed E-state index contributed by atoms with van der Waals surface area (Å²) in [7, 11) is 1.57. The SMILES string of the molecule is COc1ccc(-c2ccc(-c3cnn4c(N)c(C(C)=O)c([C@H]5C[C@H]6CC[C@@H](C5)N6C(=O)c5nnc[nH]5)nc34)cn2)cc1Cl. The van der Waals surface area contributed by atoms with Crippen molar-refractivity contribution in [2.45, 2.75) is 50.6 Å². The van der Waals surface area contributed by atoms with E-state index in [1.54, 1.807) is 25.6 Å². The third kappa shape index (κ3) is 4.49. The van der Waals surface area contributed by atoms with Crippen LogP contribution in [0.1, 0.15) is 65.2 Å². The van der Waals surface area contributed by atoms with Crippen LogP contribution in [0.2, 0.25) is 5.02 Å². The summed E-state index contributed by atoms with van der Waals surface area (Å²) in [6.07, 6.45) is 7.95. The van der Waals surface area contributed by atoms with Crippen LogP contribution in [0.3, 0.4) is 0 Å². The number of amides is 1. The molecule has 0 saturated carbocycles. The second-order valence-corrected chi connectivity index (χ2v) is 11.4. The van der Waals surface area contributed by atoms with E-state index in [0.717, 1.165) is 35.2 Å². The van der Waals surface area contributed by atoms with Gasteiger partial charge < -0.3 is 20.4 Å². The molecule has 6 heterocycles. The van der Waals surface area contributed by atoms with E-state index in [2.05, 4.69) is 25.3 Å². The molecule has 0 spiro atoms. The van der Waals surface area contributed by atoms with Gasteiger partial charge in [-0.1, -0.05) is 17.7 Å². The second-order valence-electron chi connectivity index (χ2n) is 11.0. The number of benzene rings is 1. The number of piperidine rings is 1. The van der Waals surface area contributed by atoms with Gasteiger partial charge in [0, 0.05) is 40.9 Å². The molecule has 7 rings (SSSR count). The summed E-state index contributed by atoms with van der Waals surface area (Å²) in [5, 5.41) is 12.7. The lowest BCUT2D eigenvalue weighted by molar-refractivity contribution is 0.0556. The number of methoxy groups -OCH3 is 1. The molecule has 1 amide bonds. The molecule has 2 aliphatic heterocycles. The molecule has 2 fully saturated rings. The van der Waals surface area contributed by atoms with Gasteiger partial charge in [-0.05, 0) is 56.9 Å². The van der Waals surface area contributed by atoms with Crippen LogP contribution in [0.15, 0.2) is 49.1 Å². The number of pyridine rings is 1. The standard InChI is InChI=1S/C30H28ClN9O3/c1-15(41)25-26(18-9-19-5-6-20(10-18)39(19)30(42)28-34-14-35-38-28)37-29-21(13-36-40(29)27(25)32)17-3-7-23(33-12-17)16-4-8-24(43-2)22(31)11-16/h3-4,7-8,11-14,18-20H,5-6,9-10,32H2,1-2H3,(H,34,35,38)/t18-,19+,20-. The van der Waals surface area contributed by atoms with Gasteiger partial charge >= 0.3 is 0 Å². The fraction of sp³-hybridized carbons (Fsp3) is 0.300. The monoisotopic (exact) mass is 597 g/mol. The van der Waals surface area contributed by atoms with E-state index in [0.29, 0.717) is 40.5 Å². The Morgan fingerprint density at radius 1 is 1.09 bits per heavy atom. The average Bonchev–Trinajstić information content (AvgIpc) is 3.75. The van der Waals surface area contributed by atoms with Crippen molar-refractivity contribution in [1.29, 1.82) is 0 Å². The first-order valence-corrected chi connectivity index (χ1v) is 14.4. The van der Waals surface area contributed by atoms with Gasteiger partial charge in [0.15, 0.2) is 11.4 Å². The highest BCUT2D eigenvalue weighted by Gasteiger charge is 2.45. The third-order valence-electron chi connectivity index (χ3n) is 8.56. The number of ketones is 1. The summed E-state index contributed by atoms with van der Waals surface area (Å²) in [6.45, 7) is 1.50. The highest BCUT2D eigenvalue weighted by Crippen LogP contribution is 2.45. The zero-order chi connectivity index (χ0) is 29.8. The number of aromatic amines is 1. The van der Waals surface area contributed by atoms with Crippen LogP contribution in [0, 0.1) is 0 Å². The van der Waals surface area contributed by atoms with E-state index < -0.39 is 0 Å². The van der Waals surface area contributed by atoms with Crippen molar-refractivity contribution in [2.75, 3.05) is 12.8 Å². The van der Waals surface area contributed by atoms with E-state index in [1.807, 2.05) is 29.2 Å². The highest BCUT2D eigenvalue weighted by molar-refractivity contribution is 6.32. The zero-order valence-corrected chi connectivity index (χ0v) is 24.2. The van der Waals surface area contributed by atoms with Gasteiger partial charge in [-0.2, -0.15) is 9.61 Å². The lowest BCUT2D eigenvalue weighted by Gasteiger charge is -2.38. The van der Waals surface area contributed by atoms with Crippen molar-refractivity contribution in [3.05, 3.63) is 71.2 Å². The molecule has 2 bridgehead atoms. The molecular formula is C30H28ClN9O3. The van der Waals surface area contributed by atoms with Crippen molar-refractivity contribution < 1.29 is 14.3 Å². The van der Waals surface area contributed by atoms with Gasteiger partial charge in [-0.15, -0.1) is 10.2 Å². The van der Waals surface area contributed by atoms with E-state index in [-0.39, 0.29) is 41.3 Å². The summed E-state index contributed by atoms with van der Waals surface area (Å²) >= 11 is 6.32. The van der Waals surface area contributed by atoms with Gasteiger partial charge in [-0.25, -0.2) is 4.98 Å². The minimum atomic E-state index is -0.171. The molecule has 2 aliphatic rings. The van der Waals surface area contributed by atoms with Crippen LogP contribution in [-0.4, -0.2) is 70.5 Å². The van der Waals surface area contributed by atoms with Gasteiger partial charge in [-0.3, -0.25) is 14.6 Å². The molecular weight excluding hydrogens is 570 g/mol. The maximum absolute atomic E-state index is 13.2. The molecule has 0 radical (unpaired) electrons. The Balaban J connectivity index is 1.24. The van der Waals surface area contributed by atoms with E-state index >= 15 is 0 Å². The molecule has 13 heteroatoms. The molecule has 3 N–H and O–H groups in total. The summed E-state index contributed by atoms with van der Waals surface area (Å²) in [5.74, 6) is 0.717. The molecule has 218 valence electrons. The first-order chi connectivity index (χ1) is 20.8. The number of Topliss-reactive ketones (excluding diaryl/α,β-unsaturated/α-hetero) is 1.